The maximum atomic E-state index is 9.98. The monoisotopic (exact) mass is 156 g/mol. The highest BCUT2D eigenvalue weighted by atomic mass is 16.4. The largest absolute Gasteiger partial charge is 0.550 e. The fraction of sp³-hybridized carbons (Fsp3) is 0.429. The summed E-state index contributed by atoms with van der Waals surface area (Å²) in [5.41, 5.74) is 0. The topological polar surface area (TPSA) is 80.3 Å². The normalized spacial score (nSPS) is 9.55. The first-order valence-corrected chi connectivity index (χ1v) is 3.08. The Kier molecular flexibility index (Phi) is 3.95. The summed E-state index contributed by atoms with van der Waals surface area (Å²) in [6.07, 6.45) is 0.626. The Bertz CT molecular complexity index is 157. The van der Waals surface area contributed by atoms with Gasteiger partial charge in [-0.05, 0) is 18.8 Å². The number of hydrogen-bond acceptors (Lipinski definition) is 4. The average molecular weight is 156 g/mol. The number of aliphatic carboxylic acids is 2. The molecule has 62 valence electrons. The van der Waals surface area contributed by atoms with Crippen LogP contribution in [0.3, 0.4) is 0 Å². The summed E-state index contributed by atoms with van der Waals surface area (Å²) >= 11 is 0. The number of allylic oxidation sites excluding steroid dienone is 1. The minimum Gasteiger partial charge on any atom is -0.550 e. The van der Waals surface area contributed by atoms with Crippen LogP contribution in [0.5, 0.6) is 0 Å². The quantitative estimate of drug-likeness (QED) is 0.434. The van der Waals surface area contributed by atoms with Gasteiger partial charge in [0, 0.05) is 11.9 Å². The zero-order chi connectivity index (χ0) is 8.85. The van der Waals surface area contributed by atoms with Crippen molar-refractivity contribution in [2.75, 3.05) is 0 Å². The molecule has 0 bridgehead atoms. The summed E-state index contributed by atoms with van der Waals surface area (Å²) in [6, 6.07) is 0. The number of rotatable bonds is 5. The second kappa shape index (κ2) is 4.49. The molecule has 4 heteroatoms. The fourth-order valence-corrected chi connectivity index (χ4v) is 0.667. The van der Waals surface area contributed by atoms with E-state index in [4.69, 9.17) is 0 Å². The van der Waals surface area contributed by atoms with Crippen molar-refractivity contribution >= 4 is 11.9 Å². The summed E-state index contributed by atoms with van der Waals surface area (Å²) in [7, 11) is 0. The molecular formula is C7H8O4-2. The van der Waals surface area contributed by atoms with E-state index in [1.807, 2.05) is 0 Å². The van der Waals surface area contributed by atoms with E-state index in [-0.39, 0.29) is 12.8 Å². The van der Waals surface area contributed by atoms with Gasteiger partial charge in [-0.1, -0.05) is 6.08 Å². The first-order chi connectivity index (χ1) is 5.06. The Morgan fingerprint density at radius 2 is 1.64 bits per heavy atom. The predicted octanol–water partition coefficient (Wildman–Crippen LogP) is -1.93. The van der Waals surface area contributed by atoms with Crippen molar-refractivity contribution < 1.29 is 19.8 Å². The van der Waals surface area contributed by atoms with E-state index in [0.29, 0.717) is 0 Å². The zero-order valence-corrected chi connectivity index (χ0v) is 5.91. The molecule has 0 aromatic rings. The van der Waals surface area contributed by atoms with Crippen LogP contribution in [-0.4, -0.2) is 11.9 Å². The van der Waals surface area contributed by atoms with Crippen LogP contribution in [0.25, 0.3) is 0 Å². The molecule has 0 N–H and O–H groups in total. The standard InChI is InChI=1S/C7H10O4/c1-2-5(3-6(8)9)4-7(10)11/h2,5H,1,3-4H2,(H,8,9)(H,10,11)/p-2. The first-order valence-electron chi connectivity index (χ1n) is 3.08. The highest BCUT2D eigenvalue weighted by Crippen LogP contribution is 2.07. The molecule has 0 radical (unpaired) electrons. The van der Waals surface area contributed by atoms with Crippen molar-refractivity contribution in [3.63, 3.8) is 0 Å². The van der Waals surface area contributed by atoms with Crippen LogP contribution in [0.1, 0.15) is 12.8 Å². The molecule has 0 aliphatic heterocycles. The minimum atomic E-state index is -1.28. The highest BCUT2D eigenvalue weighted by molar-refractivity contribution is 5.68. The van der Waals surface area contributed by atoms with Gasteiger partial charge in [-0.25, -0.2) is 0 Å². The van der Waals surface area contributed by atoms with Crippen molar-refractivity contribution in [2.45, 2.75) is 12.8 Å². The molecule has 0 atom stereocenters. The van der Waals surface area contributed by atoms with Crippen LogP contribution in [0.2, 0.25) is 0 Å². The van der Waals surface area contributed by atoms with Gasteiger partial charge in [-0.2, -0.15) is 0 Å². The molecule has 0 amide bonds. The van der Waals surface area contributed by atoms with Gasteiger partial charge in [0.25, 0.3) is 0 Å². The minimum absolute atomic E-state index is 0.322. The highest BCUT2D eigenvalue weighted by Gasteiger charge is 2.03. The van der Waals surface area contributed by atoms with Gasteiger partial charge >= 0.3 is 0 Å². The van der Waals surface area contributed by atoms with Crippen LogP contribution < -0.4 is 10.2 Å². The molecular weight excluding hydrogens is 148 g/mol. The van der Waals surface area contributed by atoms with Gasteiger partial charge in [-0.3, -0.25) is 0 Å². The van der Waals surface area contributed by atoms with Crippen molar-refractivity contribution in [3.05, 3.63) is 12.7 Å². The zero-order valence-electron chi connectivity index (χ0n) is 5.91. The summed E-state index contributed by atoms with van der Waals surface area (Å²) < 4.78 is 0. The number of hydrogen-bond donors (Lipinski definition) is 0. The van der Waals surface area contributed by atoms with Gasteiger partial charge in [0.2, 0.25) is 0 Å². The van der Waals surface area contributed by atoms with Gasteiger partial charge in [0.05, 0.1) is 0 Å². The van der Waals surface area contributed by atoms with Crippen LogP contribution in [0.4, 0.5) is 0 Å². The van der Waals surface area contributed by atoms with Gasteiger partial charge in [0.1, 0.15) is 0 Å². The molecule has 0 heterocycles. The average Bonchev–Trinajstić information content (AvgIpc) is 1.84. The van der Waals surface area contributed by atoms with Gasteiger partial charge < -0.3 is 19.8 Å². The van der Waals surface area contributed by atoms with E-state index >= 15 is 0 Å². The third-order valence-electron chi connectivity index (χ3n) is 1.19. The molecule has 0 spiro atoms. The summed E-state index contributed by atoms with van der Waals surface area (Å²) in [6.45, 7) is 3.28. The number of carboxylic acids is 2. The first kappa shape index (κ1) is 9.68. The Balaban J connectivity index is 3.85. The lowest BCUT2D eigenvalue weighted by Crippen LogP contribution is -2.29. The molecule has 0 fully saturated rings. The van der Waals surface area contributed by atoms with E-state index in [0.717, 1.165) is 0 Å². The second-order valence-electron chi connectivity index (χ2n) is 2.15. The van der Waals surface area contributed by atoms with Crippen molar-refractivity contribution in [1.82, 2.24) is 0 Å². The smallest absolute Gasteiger partial charge is 0.0420 e. The van der Waals surface area contributed by atoms with E-state index in [1.165, 1.54) is 6.08 Å². The molecule has 0 aromatic carbocycles. The predicted molar refractivity (Wildman–Crippen MR) is 32.9 cm³/mol. The second-order valence-corrected chi connectivity index (χ2v) is 2.15. The maximum Gasteiger partial charge on any atom is 0.0420 e. The van der Waals surface area contributed by atoms with Crippen molar-refractivity contribution in [2.24, 2.45) is 5.92 Å². The molecule has 0 aliphatic rings. The van der Waals surface area contributed by atoms with Crippen LogP contribution >= 0.6 is 0 Å². The third kappa shape index (κ3) is 5.14. The summed E-state index contributed by atoms with van der Waals surface area (Å²) in [5.74, 6) is -3.16. The number of carbonyl (C=O) groups is 2. The van der Waals surface area contributed by atoms with E-state index in [9.17, 15) is 19.8 Å². The lowest BCUT2D eigenvalue weighted by molar-refractivity contribution is -0.309. The number of carbonyl (C=O) groups excluding carboxylic acids is 2. The Labute approximate surface area is 64.2 Å². The molecule has 0 saturated heterocycles. The third-order valence-corrected chi connectivity index (χ3v) is 1.19. The maximum absolute atomic E-state index is 9.98. The molecule has 4 nitrogen and oxygen atoms in total. The lowest BCUT2D eigenvalue weighted by Gasteiger charge is -2.12. The van der Waals surface area contributed by atoms with Crippen LogP contribution in [-0.2, 0) is 9.59 Å². The van der Waals surface area contributed by atoms with Crippen molar-refractivity contribution in [3.8, 4) is 0 Å². The number of carboxylic acid groups (broad SMARTS) is 2. The molecule has 0 aromatic heterocycles. The SMILES string of the molecule is C=CC(CC(=O)[O-])CC(=O)[O-]. The van der Waals surface area contributed by atoms with E-state index in [1.54, 1.807) is 0 Å². The summed E-state index contributed by atoms with van der Waals surface area (Å²) in [4.78, 5) is 20.0. The molecule has 0 rings (SSSR count). The van der Waals surface area contributed by atoms with Gasteiger partial charge in [-0.15, -0.1) is 6.58 Å². The Morgan fingerprint density at radius 3 is 1.82 bits per heavy atom. The molecule has 11 heavy (non-hydrogen) atoms. The van der Waals surface area contributed by atoms with Crippen LogP contribution in [0, 0.1) is 5.92 Å². The lowest BCUT2D eigenvalue weighted by atomic mass is 10.0. The van der Waals surface area contributed by atoms with Crippen LogP contribution in [0.15, 0.2) is 12.7 Å². The van der Waals surface area contributed by atoms with E-state index in [2.05, 4.69) is 6.58 Å². The van der Waals surface area contributed by atoms with Crippen molar-refractivity contribution in [1.29, 1.82) is 0 Å². The van der Waals surface area contributed by atoms with Gasteiger partial charge in [0.15, 0.2) is 0 Å². The molecule has 0 unspecified atom stereocenters. The van der Waals surface area contributed by atoms with E-state index < -0.39 is 17.9 Å². The molecule has 0 saturated carbocycles. The summed E-state index contributed by atoms with van der Waals surface area (Å²) in [5, 5.41) is 20.0. The molecule has 0 aliphatic carbocycles. The Hall–Kier alpha value is -1.32. The Morgan fingerprint density at radius 1 is 1.27 bits per heavy atom. The fourth-order valence-electron chi connectivity index (χ4n) is 0.667.